The first-order valence-electron chi connectivity index (χ1n) is 7.12. The van der Waals surface area contributed by atoms with E-state index in [2.05, 4.69) is 29.8 Å². The van der Waals surface area contributed by atoms with Crippen molar-refractivity contribution in [3.8, 4) is 0 Å². The lowest BCUT2D eigenvalue weighted by Crippen LogP contribution is -2.22. The Bertz CT molecular complexity index is 586. The second-order valence-corrected chi connectivity index (χ2v) is 5.76. The summed E-state index contributed by atoms with van der Waals surface area (Å²) < 4.78 is 2.35. The summed E-state index contributed by atoms with van der Waals surface area (Å²) in [6, 6.07) is 6.84. The van der Waals surface area contributed by atoms with Gasteiger partial charge in [0, 0.05) is 6.04 Å². The highest BCUT2D eigenvalue weighted by atomic mass is 35.5. The van der Waals surface area contributed by atoms with E-state index in [-0.39, 0.29) is 6.04 Å². The number of hydrogen-bond donors (Lipinski definition) is 1. The van der Waals surface area contributed by atoms with Gasteiger partial charge in [0.05, 0.1) is 22.1 Å². The Morgan fingerprint density at radius 3 is 2.95 bits per heavy atom. The van der Waals surface area contributed by atoms with Gasteiger partial charge < -0.3 is 9.88 Å². The number of halogens is 1. The summed E-state index contributed by atoms with van der Waals surface area (Å²) >= 11 is 6.38. The van der Waals surface area contributed by atoms with Crippen LogP contribution in [0.3, 0.4) is 0 Å². The molecular weight excluding hydrogens is 258 g/mol. The van der Waals surface area contributed by atoms with Gasteiger partial charge in [-0.3, -0.25) is 0 Å². The molecule has 1 fully saturated rings. The van der Waals surface area contributed by atoms with E-state index >= 15 is 0 Å². The fourth-order valence-corrected chi connectivity index (χ4v) is 2.85. The molecule has 0 radical (unpaired) electrons. The average molecular weight is 278 g/mol. The molecule has 3 rings (SSSR count). The quantitative estimate of drug-likeness (QED) is 0.892. The minimum absolute atomic E-state index is 0.268. The van der Waals surface area contributed by atoms with Crippen molar-refractivity contribution >= 4 is 22.6 Å². The van der Waals surface area contributed by atoms with Crippen molar-refractivity contribution < 1.29 is 0 Å². The van der Waals surface area contributed by atoms with Gasteiger partial charge in [0.2, 0.25) is 0 Å². The smallest absolute Gasteiger partial charge is 0.127 e. The molecule has 0 spiro atoms. The molecule has 102 valence electrons. The van der Waals surface area contributed by atoms with Crippen LogP contribution in [0.5, 0.6) is 0 Å². The topological polar surface area (TPSA) is 29.9 Å². The second-order valence-electron chi connectivity index (χ2n) is 5.35. The molecule has 1 atom stereocenters. The van der Waals surface area contributed by atoms with E-state index in [0.29, 0.717) is 6.04 Å². The summed E-state index contributed by atoms with van der Waals surface area (Å²) in [6.07, 6.45) is 3.61. The van der Waals surface area contributed by atoms with Gasteiger partial charge in [0.25, 0.3) is 0 Å². The van der Waals surface area contributed by atoms with Gasteiger partial charge in [0.1, 0.15) is 5.82 Å². The van der Waals surface area contributed by atoms with Crippen LogP contribution in [0.4, 0.5) is 0 Å². The van der Waals surface area contributed by atoms with Gasteiger partial charge in [0.15, 0.2) is 0 Å². The van der Waals surface area contributed by atoms with Gasteiger partial charge in [-0.25, -0.2) is 4.98 Å². The van der Waals surface area contributed by atoms with Crippen LogP contribution in [-0.4, -0.2) is 16.1 Å². The molecule has 1 aromatic carbocycles. The predicted octanol–water partition coefficient (Wildman–Crippen LogP) is 4.09. The molecule has 1 saturated carbocycles. The molecule has 1 heterocycles. The van der Waals surface area contributed by atoms with Crippen molar-refractivity contribution in [2.24, 2.45) is 0 Å². The summed E-state index contributed by atoms with van der Waals surface area (Å²) in [5, 5.41) is 4.34. The monoisotopic (exact) mass is 277 g/mol. The maximum absolute atomic E-state index is 6.38. The number of hydrogen-bond acceptors (Lipinski definition) is 2. The fraction of sp³-hybridized carbons (Fsp3) is 0.533. The van der Waals surface area contributed by atoms with E-state index in [1.54, 1.807) is 0 Å². The second kappa shape index (κ2) is 5.14. The van der Waals surface area contributed by atoms with Gasteiger partial charge in [-0.1, -0.05) is 24.6 Å². The molecule has 1 aromatic heterocycles. The highest BCUT2D eigenvalue weighted by molar-refractivity contribution is 6.35. The Morgan fingerprint density at radius 2 is 2.26 bits per heavy atom. The highest BCUT2D eigenvalue weighted by Gasteiger charge is 2.30. The Balaban J connectivity index is 2.08. The summed E-state index contributed by atoms with van der Waals surface area (Å²) in [4.78, 5) is 4.80. The third kappa shape index (κ3) is 2.37. The molecule has 4 heteroatoms. The third-order valence-electron chi connectivity index (χ3n) is 3.69. The van der Waals surface area contributed by atoms with E-state index in [1.165, 1.54) is 12.8 Å². The standard InChI is InChI=1S/C15H20ClN3/c1-3-9-17-10(2)15-18-13-6-4-5-12(16)14(13)19(15)11-7-8-11/h4-6,10-11,17H,3,7-9H2,1-2H3. The van der Waals surface area contributed by atoms with E-state index in [9.17, 15) is 0 Å². The number of rotatable bonds is 5. The largest absolute Gasteiger partial charge is 0.322 e. The zero-order valence-electron chi connectivity index (χ0n) is 11.5. The molecule has 2 aromatic rings. The predicted molar refractivity (Wildman–Crippen MR) is 79.7 cm³/mol. The van der Waals surface area contributed by atoms with E-state index in [0.717, 1.165) is 34.8 Å². The first kappa shape index (κ1) is 12.9. The molecule has 1 N–H and O–H groups in total. The summed E-state index contributed by atoms with van der Waals surface area (Å²) in [5.41, 5.74) is 2.12. The van der Waals surface area contributed by atoms with Crippen molar-refractivity contribution in [1.82, 2.24) is 14.9 Å². The van der Waals surface area contributed by atoms with Crippen LogP contribution >= 0.6 is 11.6 Å². The van der Waals surface area contributed by atoms with Gasteiger partial charge in [-0.05, 0) is 44.9 Å². The van der Waals surface area contributed by atoms with E-state index in [1.807, 2.05) is 12.1 Å². The molecule has 1 unspecified atom stereocenters. The number of nitrogens with one attached hydrogen (secondary N) is 1. The zero-order chi connectivity index (χ0) is 13.4. The third-order valence-corrected chi connectivity index (χ3v) is 3.99. The summed E-state index contributed by atoms with van der Waals surface area (Å²) in [5.74, 6) is 1.12. The number of aromatic nitrogens is 2. The van der Waals surface area contributed by atoms with Crippen molar-refractivity contribution in [3.63, 3.8) is 0 Å². The number of para-hydroxylation sites is 1. The van der Waals surface area contributed by atoms with Gasteiger partial charge >= 0.3 is 0 Å². The zero-order valence-corrected chi connectivity index (χ0v) is 12.2. The van der Waals surface area contributed by atoms with Crippen LogP contribution in [0.1, 0.15) is 51.0 Å². The molecule has 3 nitrogen and oxygen atoms in total. The number of fused-ring (bicyclic) bond motifs is 1. The Kier molecular flexibility index (Phi) is 3.50. The maximum atomic E-state index is 6.38. The van der Waals surface area contributed by atoms with Crippen LogP contribution in [0.15, 0.2) is 18.2 Å². The lowest BCUT2D eigenvalue weighted by Gasteiger charge is -2.15. The molecule has 0 bridgehead atoms. The first-order valence-corrected chi connectivity index (χ1v) is 7.50. The molecule has 0 aliphatic heterocycles. The lowest BCUT2D eigenvalue weighted by molar-refractivity contribution is 0.518. The fourth-order valence-electron chi connectivity index (χ4n) is 2.58. The van der Waals surface area contributed by atoms with Crippen molar-refractivity contribution in [1.29, 1.82) is 0 Å². The minimum atomic E-state index is 0.268. The molecule has 1 aliphatic carbocycles. The van der Waals surface area contributed by atoms with Crippen LogP contribution in [-0.2, 0) is 0 Å². The van der Waals surface area contributed by atoms with Crippen molar-refractivity contribution in [2.45, 2.75) is 45.2 Å². The average Bonchev–Trinajstić information content (AvgIpc) is 3.16. The highest BCUT2D eigenvalue weighted by Crippen LogP contribution is 2.41. The SMILES string of the molecule is CCCNC(C)c1nc2cccc(Cl)c2n1C1CC1. The maximum Gasteiger partial charge on any atom is 0.127 e. The molecular formula is C15H20ClN3. The van der Waals surface area contributed by atoms with Crippen molar-refractivity contribution in [3.05, 3.63) is 29.0 Å². The number of imidazole rings is 1. The van der Waals surface area contributed by atoms with Gasteiger partial charge in [-0.2, -0.15) is 0 Å². The Morgan fingerprint density at radius 1 is 1.47 bits per heavy atom. The van der Waals surface area contributed by atoms with E-state index < -0.39 is 0 Å². The Hall–Kier alpha value is -1.06. The first-order chi connectivity index (χ1) is 9.22. The van der Waals surface area contributed by atoms with Gasteiger partial charge in [-0.15, -0.1) is 0 Å². The van der Waals surface area contributed by atoms with Crippen LogP contribution in [0.2, 0.25) is 5.02 Å². The summed E-state index contributed by atoms with van der Waals surface area (Å²) in [7, 11) is 0. The van der Waals surface area contributed by atoms with Crippen LogP contribution < -0.4 is 5.32 Å². The van der Waals surface area contributed by atoms with Crippen LogP contribution in [0, 0.1) is 0 Å². The number of benzene rings is 1. The number of nitrogens with zero attached hydrogens (tertiary/aromatic N) is 2. The Labute approximate surface area is 119 Å². The molecule has 0 saturated heterocycles. The normalized spacial score (nSPS) is 17.0. The summed E-state index contributed by atoms with van der Waals surface area (Å²) in [6.45, 7) is 5.38. The van der Waals surface area contributed by atoms with Crippen LogP contribution in [0.25, 0.3) is 11.0 Å². The van der Waals surface area contributed by atoms with Crippen molar-refractivity contribution in [2.75, 3.05) is 6.54 Å². The molecule has 1 aliphatic rings. The molecule has 19 heavy (non-hydrogen) atoms. The lowest BCUT2D eigenvalue weighted by atomic mass is 10.3. The molecule has 0 amide bonds. The van der Waals surface area contributed by atoms with E-state index in [4.69, 9.17) is 16.6 Å². The minimum Gasteiger partial charge on any atom is -0.322 e.